The van der Waals surface area contributed by atoms with Crippen molar-refractivity contribution in [3.63, 3.8) is 0 Å². The molecule has 10 heteroatoms. The molecule has 0 fully saturated rings. The van der Waals surface area contributed by atoms with Crippen molar-refractivity contribution >= 4 is 15.9 Å². The van der Waals surface area contributed by atoms with Crippen molar-refractivity contribution in [2.75, 3.05) is 0 Å². The minimum absolute atomic E-state index is 0. The molecule has 4 aromatic rings. The van der Waals surface area contributed by atoms with Crippen LogP contribution in [0.5, 0.6) is 11.6 Å². The summed E-state index contributed by atoms with van der Waals surface area (Å²) in [7, 11) is -4.21. The lowest BCUT2D eigenvalue weighted by atomic mass is 10.1. The van der Waals surface area contributed by atoms with Gasteiger partial charge >= 0.3 is 0 Å². The lowest BCUT2D eigenvalue weighted by Gasteiger charge is -2.15. The Balaban J connectivity index is 0.00000253. The van der Waals surface area contributed by atoms with Gasteiger partial charge in [-0.3, -0.25) is 9.48 Å². The Bertz CT molecular complexity index is 1550. The molecule has 0 radical (unpaired) electrons. The summed E-state index contributed by atoms with van der Waals surface area (Å²) in [5, 5.41) is 4.03. The summed E-state index contributed by atoms with van der Waals surface area (Å²) >= 11 is 0. The van der Waals surface area contributed by atoms with E-state index in [0.29, 0.717) is 23.7 Å². The van der Waals surface area contributed by atoms with Crippen LogP contribution in [0, 0.1) is 27.7 Å². The Morgan fingerprint density at radius 3 is 2.42 bits per heavy atom. The number of sulfonamides is 1. The van der Waals surface area contributed by atoms with Gasteiger partial charge in [0.1, 0.15) is 11.3 Å². The van der Waals surface area contributed by atoms with Gasteiger partial charge in [0.25, 0.3) is 15.9 Å². The fourth-order valence-corrected chi connectivity index (χ4v) is 4.82. The number of amides is 1. The maximum Gasteiger partial charge on any atom is 0.281 e. The molecule has 190 valence electrons. The number of hydrogen-bond acceptors (Lipinski definition) is 7. The minimum atomic E-state index is -4.21. The van der Waals surface area contributed by atoms with Crippen LogP contribution in [0.2, 0.25) is 0 Å². The molecule has 0 unspecified atom stereocenters. The number of carbonyl (C=O) groups is 1. The van der Waals surface area contributed by atoms with E-state index in [4.69, 9.17) is 4.74 Å². The van der Waals surface area contributed by atoms with Crippen molar-refractivity contribution in [3.8, 4) is 22.9 Å². The Morgan fingerprint density at radius 2 is 1.78 bits per heavy atom. The Kier molecular flexibility index (Phi) is 6.89. The Hall–Kier alpha value is -4.05. The molecule has 0 aliphatic rings. The van der Waals surface area contributed by atoms with Gasteiger partial charge in [-0.2, -0.15) is 13.5 Å². The first-order valence-corrected chi connectivity index (χ1v) is 12.9. The molecule has 1 aromatic carbocycles. The zero-order valence-electron chi connectivity index (χ0n) is 20.7. The summed E-state index contributed by atoms with van der Waals surface area (Å²) < 4.78 is 35.7. The molecule has 0 aliphatic carbocycles. The van der Waals surface area contributed by atoms with E-state index >= 15 is 0 Å². The van der Waals surface area contributed by atoms with Crippen LogP contribution < -0.4 is 9.46 Å². The summed E-state index contributed by atoms with van der Waals surface area (Å²) in [4.78, 5) is 21.8. The van der Waals surface area contributed by atoms with Crippen molar-refractivity contribution in [2.45, 2.75) is 46.2 Å². The highest BCUT2D eigenvalue weighted by atomic mass is 32.2. The number of benzene rings is 1. The molecular weight excluding hydrogens is 478 g/mol. The molecule has 1 N–H and O–H groups in total. The molecule has 0 bridgehead atoms. The number of aryl methyl sites for hydroxylation is 5. The van der Waals surface area contributed by atoms with Crippen LogP contribution in [-0.4, -0.2) is 34.1 Å². The maximum absolute atomic E-state index is 13.2. The number of nitrogens with one attached hydrogen (secondary N) is 1. The van der Waals surface area contributed by atoms with Crippen molar-refractivity contribution in [3.05, 3.63) is 82.8 Å². The molecule has 0 aliphatic heterocycles. The summed E-state index contributed by atoms with van der Waals surface area (Å²) in [5.74, 6) is -0.345. The molecule has 3 heterocycles. The molecule has 0 saturated heterocycles. The van der Waals surface area contributed by atoms with Gasteiger partial charge in [-0.05, 0) is 70.0 Å². The van der Waals surface area contributed by atoms with Crippen LogP contribution in [0.25, 0.3) is 11.3 Å². The van der Waals surface area contributed by atoms with E-state index in [9.17, 15) is 13.2 Å². The minimum Gasteiger partial charge on any atom is -0.438 e. The van der Waals surface area contributed by atoms with Crippen LogP contribution in [0.1, 0.15) is 42.5 Å². The van der Waals surface area contributed by atoms with Crippen LogP contribution in [0.3, 0.4) is 0 Å². The summed E-state index contributed by atoms with van der Waals surface area (Å²) in [6.45, 7) is 10.1. The van der Waals surface area contributed by atoms with Crippen LogP contribution in [0.15, 0.2) is 59.9 Å². The first-order valence-electron chi connectivity index (χ1n) is 11.4. The normalized spacial score (nSPS) is 11.4. The molecular formula is C26H31N5O4S. The molecule has 36 heavy (non-hydrogen) atoms. The number of rotatable bonds is 7. The highest BCUT2D eigenvalue weighted by Gasteiger charge is 2.25. The van der Waals surface area contributed by atoms with E-state index in [1.807, 2.05) is 46.0 Å². The van der Waals surface area contributed by atoms with Gasteiger partial charge in [0.15, 0.2) is 5.03 Å². The lowest BCUT2D eigenvalue weighted by molar-refractivity contribution is 0.0978. The van der Waals surface area contributed by atoms with Gasteiger partial charge in [0.05, 0.1) is 11.9 Å². The third kappa shape index (κ3) is 5.28. The van der Waals surface area contributed by atoms with Gasteiger partial charge in [0, 0.05) is 26.9 Å². The molecule has 4 rings (SSSR count). The van der Waals surface area contributed by atoms with E-state index < -0.39 is 15.9 Å². The quantitative estimate of drug-likeness (QED) is 0.373. The second-order valence-electron chi connectivity index (χ2n) is 8.52. The average molecular weight is 510 g/mol. The molecule has 9 nitrogen and oxygen atoms in total. The smallest absolute Gasteiger partial charge is 0.281 e. The standard InChI is InChI=1S/C26H27N5O4S.2H2/c1-6-31-15-20(14-27-31)22-11-10-21(25(32)30-36(33,34)23-9-7-8-19(5)28-23)26(29-22)35-24-17(3)12-16(2)13-18(24)4;;/h7-15H,6H2,1-5H3,(H,30,32);2*1H. The largest absolute Gasteiger partial charge is 0.438 e. The van der Waals surface area contributed by atoms with E-state index in [2.05, 4.69) is 19.8 Å². The first kappa shape index (κ1) is 25.1. The van der Waals surface area contributed by atoms with Crippen LogP contribution >= 0.6 is 0 Å². The second-order valence-corrected chi connectivity index (χ2v) is 10.1. The highest BCUT2D eigenvalue weighted by molar-refractivity contribution is 7.90. The van der Waals surface area contributed by atoms with Gasteiger partial charge in [-0.25, -0.2) is 14.7 Å². The second kappa shape index (κ2) is 9.90. The Labute approximate surface area is 213 Å². The van der Waals surface area contributed by atoms with Gasteiger partial charge in [-0.15, -0.1) is 0 Å². The van der Waals surface area contributed by atoms with E-state index in [1.165, 1.54) is 12.1 Å². The third-order valence-corrected chi connectivity index (χ3v) is 6.76. The first-order chi connectivity index (χ1) is 17.1. The number of hydrogen-bond donors (Lipinski definition) is 1. The van der Waals surface area contributed by atoms with Crippen molar-refractivity contribution in [1.29, 1.82) is 0 Å². The van der Waals surface area contributed by atoms with Crippen LogP contribution in [0.4, 0.5) is 0 Å². The van der Waals surface area contributed by atoms with E-state index in [-0.39, 0.29) is 19.3 Å². The fourth-order valence-electron chi connectivity index (χ4n) is 3.84. The van der Waals surface area contributed by atoms with E-state index in [0.717, 1.165) is 22.3 Å². The number of pyridine rings is 2. The summed E-state index contributed by atoms with van der Waals surface area (Å²) in [5.41, 5.74) is 4.55. The number of carbonyl (C=O) groups excluding carboxylic acids is 1. The van der Waals surface area contributed by atoms with Crippen LogP contribution in [-0.2, 0) is 16.6 Å². The average Bonchev–Trinajstić information content (AvgIpc) is 3.30. The molecule has 3 aromatic heterocycles. The predicted octanol–water partition coefficient (Wildman–Crippen LogP) is 5.00. The predicted molar refractivity (Wildman–Crippen MR) is 140 cm³/mol. The van der Waals surface area contributed by atoms with Gasteiger partial charge < -0.3 is 4.74 Å². The maximum atomic E-state index is 13.2. The molecule has 0 spiro atoms. The fraction of sp³-hybridized carbons (Fsp3) is 0.231. The third-order valence-electron chi connectivity index (χ3n) is 5.53. The topological polar surface area (TPSA) is 116 Å². The zero-order valence-corrected chi connectivity index (χ0v) is 21.5. The number of ether oxygens (including phenoxy) is 1. The van der Waals surface area contributed by atoms with Crippen molar-refractivity contribution < 1.29 is 20.8 Å². The molecule has 1 amide bonds. The SMILES string of the molecule is CCn1cc(-c2ccc(C(=O)NS(=O)(=O)c3cccc(C)n3)c(Oc3c(C)cc(C)cc3C)n2)cn1.[HH].[HH]. The number of aromatic nitrogens is 4. The van der Waals surface area contributed by atoms with E-state index in [1.54, 1.807) is 36.0 Å². The Morgan fingerprint density at radius 1 is 1.06 bits per heavy atom. The van der Waals surface area contributed by atoms with Crippen molar-refractivity contribution in [1.82, 2.24) is 24.5 Å². The van der Waals surface area contributed by atoms with Crippen molar-refractivity contribution in [2.24, 2.45) is 0 Å². The number of nitrogens with zero attached hydrogens (tertiary/aromatic N) is 4. The molecule has 0 atom stereocenters. The lowest BCUT2D eigenvalue weighted by Crippen LogP contribution is -2.31. The zero-order chi connectivity index (χ0) is 26.0. The summed E-state index contributed by atoms with van der Waals surface area (Å²) in [6, 6.07) is 11.6. The van der Waals surface area contributed by atoms with Gasteiger partial charge in [-0.1, -0.05) is 23.8 Å². The monoisotopic (exact) mass is 509 g/mol. The highest BCUT2D eigenvalue weighted by Crippen LogP contribution is 2.32. The van der Waals surface area contributed by atoms with Gasteiger partial charge in [0.2, 0.25) is 5.88 Å². The summed E-state index contributed by atoms with van der Waals surface area (Å²) in [6.07, 6.45) is 3.51. The molecule has 0 saturated carbocycles.